The minimum atomic E-state index is 0.579. The second-order valence-electron chi connectivity index (χ2n) is 35.2. The first kappa shape index (κ1) is 68.9. The quantitative estimate of drug-likeness (QED) is 0.159. The fourth-order valence-electron chi connectivity index (χ4n) is 21.3. The summed E-state index contributed by atoms with van der Waals surface area (Å²) in [5.74, 6) is 1.16. The Labute approximate surface area is 698 Å². The first-order valence-electron chi connectivity index (χ1n) is 42.8. The van der Waals surface area contributed by atoms with E-state index >= 15 is 0 Å². The minimum absolute atomic E-state index is 0.579. The lowest BCUT2D eigenvalue weighted by Gasteiger charge is -2.14. The maximum atomic E-state index is 5.85. The number of hydrogen-bond acceptors (Lipinski definition) is 2. The minimum Gasteiger partial charge on any atom is -0.354 e. The Morgan fingerprint density at radius 1 is 0.242 bits per heavy atom. The largest absolute Gasteiger partial charge is 0.354 e. The molecule has 2 aliphatic heterocycles. The molecule has 0 amide bonds. The predicted octanol–water partition coefficient (Wildman–Crippen LogP) is 30.2. The number of hydrogen-bond donors (Lipinski definition) is 2. The van der Waals surface area contributed by atoms with Crippen LogP contribution >= 0.6 is 0 Å². The topological polar surface area (TPSA) is 57.4 Å². The van der Waals surface area contributed by atoms with Crippen molar-refractivity contribution in [3.05, 3.63) is 393 Å². The Morgan fingerprint density at radius 2 is 0.517 bits per heavy atom. The Kier molecular flexibility index (Phi) is 15.3. The lowest BCUT2D eigenvalue weighted by atomic mass is 9.91. The van der Waals surface area contributed by atoms with E-state index in [2.05, 4.69) is 365 Å². The number of benzene rings is 14. The fourth-order valence-corrected chi connectivity index (χ4v) is 21.3. The highest BCUT2D eigenvalue weighted by atomic mass is 14.8. The number of nitrogens with zero attached hydrogens (tertiary/aromatic N) is 2. The summed E-state index contributed by atoms with van der Waals surface area (Å²) in [7, 11) is 0. The van der Waals surface area contributed by atoms with Gasteiger partial charge in [0.2, 0.25) is 0 Å². The number of rotatable bonds is 8. The molecule has 8 aliphatic rings. The van der Waals surface area contributed by atoms with Crippen LogP contribution in [0.4, 0.5) is 0 Å². The highest BCUT2D eigenvalue weighted by Crippen LogP contribution is 2.49. The summed E-state index contributed by atoms with van der Waals surface area (Å²) in [6, 6.07) is 107. The summed E-state index contributed by atoms with van der Waals surface area (Å²) in [5, 5.41) is 10.1. The summed E-state index contributed by atoms with van der Waals surface area (Å²) in [6.45, 7) is 9.05. The molecule has 8 bridgehead atoms. The van der Waals surface area contributed by atoms with Crippen LogP contribution in [0.3, 0.4) is 0 Å². The molecule has 4 nitrogen and oxygen atoms in total. The standard InChI is InChI=1S/C116H82N4/c1-65-5-33-97-89(45-65)57-93-53-85-49-77(25-29-81(85)61-101(93)97)69-9-17-73(18-10-69)113-105-37-39-107(117-105)114(74-19-11-70(12-20-74)78-26-30-82-62-102-94(54-86(82)50-78)58-90-46-66(2)6-34-98(90)102)109-41-43-111(119-109)116(76-23-15-72(16-24-76)80-28-32-84-64-104-96(56-88(84)52-80)60-92-48-68(4)8-36-100(92)104)112-44-42-110(120-112)115(108-40-38-106(113)118-108)75-21-13-71(14-22-75)79-27-31-83-63-103-95(55-87(83)51-79)59-91-47-67(3)7-35-99(91)103/h5,8-56,61-64,66-67,117,120H,6-7,57-60H2,1-4H3. The van der Waals surface area contributed by atoms with Crippen LogP contribution in [0.25, 0.3) is 212 Å². The summed E-state index contributed by atoms with van der Waals surface area (Å²) in [4.78, 5) is 19.9. The van der Waals surface area contributed by atoms with Crippen LogP contribution in [-0.2, 0) is 25.7 Å². The van der Waals surface area contributed by atoms with Gasteiger partial charge in [0, 0.05) is 44.3 Å². The molecular weight excluding hydrogens is 1450 g/mol. The number of aromatic amines is 2. The Morgan fingerprint density at radius 3 is 0.833 bits per heavy atom. The van der Waals surface area contributed by atoms with E-state index in [4.69, 9.17) is 9.97 Å². The van der Waals surface area contributed by atoms with Gasteiger partial charge >= 0.3 is 0 Å². The lowest BCUT2D eigenvalue weighted by molar-refractivity contribution is 0.731. The highest BCUT2D eigenvalue weighted by Gasteiger charge is 2.29. The average Bonchev–Trinajstić information content (AvgIpc) is 1.64. The second kappa shape index (κ2) is 26.6. The van der Waals surface area contributed by atoms with Crippen molar-refractivity contribution in [2.24, 2.45) is 11.8 Å². The molecule has 14 aromatic carbocycles. The fraction of sp³-hybridized carbons (Fsp3) is 0.103. The molecule has 25 rings (SSSR count). The number of nitrogens with one attached hydrogen (secondary N) is 2. The molecule has 2 atom stereocenters. The van der Waals surface area contributed by atoms with Crippen molar-refractivity contribution < 1.29 is 0 Å². The van der Waals surface area contributed by atoms with Crippen LogP contribution in [0.5, 0.6) is 0 Å². The van der Waals surface area contributed by atoms with Gasteiger partial charge in [0.15, 0.2) is 0 Å². The van der Waals surface area contributed by atoms with Crippen molar-refractivity contribution in [3.8, 4) is 111 Å². The van der Waals surface area contributed by atoms with E-state index in [0.717, 1.165) is 150 Å². The van der Waals surface area contributed by atoms with Gasteiger partial charge in [-0.05, 0) is 360 Å². The first-order valence-corrected chi connectivity index (χ1v) is 42.8. The molecule has 566 valence electrons. The van der Waals surface area contributed by atoms with E-state index < -0.39 is 0 Å². The third-order valence-electron chi connectivity index (χ3n) is 27.3. The number of fused-ring (bicyclic) bond motifs is 24. The van der Waals surface area contributed by atoms with Crippen LogP contribution in [0.15, 0.2) is 315 Å². The van der Waals surface area contributed by atoms with Gasteiger partial charge in [-0.1, -0.05) is 256 Å². The number of aromatic nitrogens is 4. The van der Waals surface area contributed by atoms with Crippen LogP contribution < -0.4 is 0 Å². The molecule has 3 aromatic heterocycles. The van der Waals surface area contributed by atoms with E-state index in [1.54, 1.807) is 0 Å². The maximum absolute atomic E-state index is 5.85. The van der Waals surface area contributed by atoms with Crippen molar-refractivity contribution in [2.75, 3.05) is 0 Å². The van der Waals surface area contributed by atoms with E-state index in [0.29, 0.717) is 11.8 Å². The van der Waals surface area contributed by atoms with Crippen molar-refractivity contribution in [2.45, 2.75) is 66.2 Å². The lowest BCUT2D eigenvalue weighted by Crippen LogP contribution is -1.97. The first-order chi connectivity index (χ1) is 58.9. The third kappa shape index (κ3) is 11.4. The molecule has 2 unspecified atom stereocenters. The van der Waals surface area contributed by atoms with E-state index in [1.807, 2.05) is 0 Å². The van der Waals surface area contributed by atoms with Crippen LogP contribution in [0.1, 0.15) is 105 Å². The molecule has 5 heterocycles. The molecule has 120 heavy (non-hydrogen) atoms. The summed E-state index contributed by atoms with van der Waals surface area (Å²) >= 11 is 0. The van der Waals surface area contributed by atoms with Crippen molar-refractivity contribution in [3.63, 3.8) is 0 Å². The van der Waals surface area contributed by atoms with Crippen LogP contribution in [0.2, 0.25) is 0 Å². The second-order valence-corrected chi connectivity index (χ2v) is 35.2. The molecule has 0 saturated carbocycles. The van der Waals surface area contributed by atoms with Crippen molar-refractivity contribution in [1.29, 1.82) is 0 Å². The molecular formula is C116H82N4. The number of allylic oxidation sites excluding steroid dienone is 8. The zero-order chi connectivity index (χ0) is 79.3. The van der Waals surface area contributed by atoms with Crippen LogP contribution in [0, 0.1) is 25.7 Å². The summed E-state index contributed by atoms with van der Waals surface area (Å²) < 4.78 is 0. The zero-order valence-electron chi connectivity index (χ0n) is 67.5. The third-order valence-corrected chi connectivity index (χ3v) is 27.3. The predicted molar refractivity (Wildman–Crippen MR) is 505 cm³/mol. The maximum Gasteiger partial charge on any atom is 0.0737 e. The molecule has 17 aromatic rings. The van der Waals surface area contributed by atoms with Crippen LogP contribution in [-0.4, -0.2) is 19.9 Å². The average molecular weight is 1530 g/mol. The molecule has 6 aliphatic carbocycles. The van der Waals surface area contributed by atoms with Gasteiger partial charge in [0.1, 0.15) is 0 Å². The van der Waals surface area contributed by atoms with Gasteiger partial charge in [-0.15, -0.1) is 0 Å². The van der Waals surface area contributed by atoms with Gasteiger partial charge in [-0.25, -0.2) is 9.97 Å². The highest BCUT2D eigenvalue weighted by molar-refractivity contribution is 6.05. The van der Waals surface area contributed by atoms with Gasteiger partial charge in [0.05, 0.1) is 22.8 Å². The number of aryl methyl sites for hydroxylation is 2. The normalized spacial score (nSPS) is 15.6. The molecule has 4 heteroatoms. The van der Waals surface area contributed by atoms with E-state index in [-0.39, 0.29) is 0 Å². The van der Waals surface area contributed by atoms with Gasteiger partial charge in [-0.3, -0.25) is 0 Å². The number of H-pyrrole nitrogens is 2. The summed E-state index contributed by atoms with van der Waals surface area (Å²) in [5.41, 5.74) is 50.0. The molecule has 0 spiro atoms. The van der Waals surface area contributed by atoms with E-state index in [9.17, 15) is 0 Å². The molecule has 0 fully saturated rings. The SMILES string of the molecule is Cc1ccc2c(c1)Cc1cc3cc(-c4ccc(-c5c6nc(c(-c7ccc(-c8ccc9cc%10c(cc9c8)CC8=CC(C)CC=C8%10)cc7)c7ccc([nH]7)c(-c7ccc(-c8ccc9cc%10c(cc9c8)Cc8cc(C)ccc8-%10)cc7)c7nc(c(-c8ccc(-c9ccc%10cc%11c(cc%10c9)CC9=CC(C)CC=C9%11)cc8)c8ccc5[nH]8)C=C7)C=C6)cc4)ccc3cc1-2. The Hall–Kier alpha value is -14.3. The van der Waals surface area contributed by atoms with E-state index in [1.165, 1.54) is 166 Å². The smallest absolute Gasteiger partial charge is 0.0737 e. The van der Waals surface area contributed by atoms with Gasteiger partial charge in [0.25, 0.3) is 0 Å². The Balaban J connectivity index is 0.653. The zero-order valence-corrected chi connectivity index (χ0v) is 67.5. The monoisotopic (exact) mass is 1530 g/mol. The molecule has 0 saturated heterocycles. The van der Waals surface area contributed by atoms with Crippen molar-refractivity contribution in [1.82, 2.24) is 19.9 Å². The Bertz CT molecular complexity index is 7360. The van der Waals surface area contributed by atoms with Crippen molar-refractivity contribution >= 4 is 101 Å². The summed E-state index contributed by atoms with van der Waals surface area (Å²) in [6.07, 6.45) is 24.9. The van der Waals surface area contributed by atoms with Gasteiger partial charge < -0.3 is 9.97 Å². The molecule has 0 radical (unpaired) electrons. The molecule has 2 N–H and O–H groups in total. The van der Waals surface area contributed by atoms with Gasteiger partial charge in [-0.2, -0.15) is 0 Å².